The fraction of sp³-hybridized carbons (Fsp3) is 0.444. The molecule has 0 amide bonds. The van der Waals surface area contributed by atoms with Crippen molar-refractivity contribution in [3.05, 3.63) is 152 Å². The normalized spacial score (nSPS) is 13.4. The molecule has 0 saturated carbocycles. The van der Waals surface area contributed by atoms with E-state index in [-0.39, 0.29) is 77.6 Å². The van der Waals surface area contributed by atoms with Crippen LogP contribution in [0.5, 0.6) is 23.0 Å². The van der Waals surface area contributed by atoms with Gasteiger partial charge >= 0.3 is 33.0 Å². The monoisotopic (exact) mass is 1190 g/mol. The Morgan fingerprint density at radius 2 is 0.451 bits per heavy atom. The Hall–Kier alpha value is -5.81. The summed E-state index contributed by atoms with van der Waals surface area (Å²) in [5.74, 6) is -0.343. The molecule has 82 heavy (non-hydrogen) atoms. The van der Waals surface area contributed by atoms with Crippen LogP contribution >= 0.6 is 0 Å². The number of nitrogens with zero attached hydrogens (tertiary/aromatic N) is 4. The molecule has 6 rings (SSSR count). The molecule has 0 N–H and O–H groups in total. The summed E-state index contributed by atoms with van der Waals surface area (Å²) in [4.78, 5) is 20.2. The minimum atomic E-state index is -0.418. The van der Waals surface area contributed by atoms with Gasteiger partial charge in [0.25, 0.3) is 0 Å². The third-order valence-electron chi connectivity index (χ3n) is 14.8. The Labute approximate surface area is 513 Å². The largest absolute Gasteiger partial charge is 2.00 e. The molecule has 0 aliphatic carbocycles. The van der Waals surface area contributed by atoms with Gasteiger partial charge in [-0.05, 0) is 145 Å². The average molecular weight is 1190 g/mol. The van der Waals surface area contributed by atoms with Crippen molar-refractivity contribution in [1.29, 1.82) is 0 Å². The molecule has 0 aliphatic rings. The summed E-state index contributed by atoms with van der Waals surface area (Å²) >= 11 is 0. The Kier molecular flexibility index (Phi) is 20.5. The molecule has 0 saturated heterocycles. The van der Waals surface area contributed by atoms with Crippen LogP contribution in [-0.2, 0) is 76.3 Å². The van der Waals surface area contributed by atoms with Crippen LogP contribution in [0.1, 0.15) is 233 Å². The molecule has 0 aromatic heterocycles. The first kappa shape index (κ1) is 68.7. The van der Waals surface area contributed by atoms with Crippen molar-refractivity contribution in [2.75, 3.05) is 0 Å². The number of aliphatic imine (C=N–C) groups is 4. The van der Waals surface area contributed by atoms with Crippen LogP contribution in [0.2, 0.25) is 0 Å². The molecule has 10 heteroatoms. The van der Waals surface area contributed by atoms with Crippen LogP contribution in [0.4, 0.5) is 22.7 Å². The second-order valence-electron chi connectivity index (χ2n) is 30.2. The standard InChI is InChI=1S/C72H94N4O4.2Ni/c1-65(2,3)49-29-45(61(77)53(35-49)69(13,14)15)39-73-57-27-25-43(33-59(57)75-41-47-31-51(67(7,8)9)37-55(63(47)79)71(19,20)21)44-26-28-58(74-40-46-30-50(66(4,5)6)36-54(62(46)78)70(16,17)18)60(34-44)76-42-48-32-52(68(10,11)12)38-56(64(48)80)72(22,23)24;;/h25-42,77-80H,1-24H3;;/q;2*+2/p-4. The van der Waals surface area contributed by atoms with E-state index in [1.165, 1.54) is 0 Å². The van der Waals surface area contributed by atoms with Crippen molar-refractivity contribution in [2.24, 2.45) is 20.0 Å². The Morgan fingerprint density at radius 1 is 0.256 bits per heavy atom. The molecule has 6 aromatic carbocycles. The van der Waals surface area contributed by atoms with Crippen molar-refractivity contribution in [2.45, 2.75) is 209 Å². The molecule has 0 spiro atoms. The van der Waals surface area contributed by atoms with Crippen LogP contribution < -0.4 is 20.4 Å². The van der Waals surface area contributed by atoms with Gasteiger partial charge in [-0.1, -0.05) is 250 Å². The fourth-order valence-electron chi connectivity index (χ4n) is 9.34. The van der Waals surface area contributed by atoms with E-state index >= 15 is 0 Å². The molecule has 0 heterocycles. The molecule has 0 aliphatic heterocycles. The van der Waals surface area contributed by atoms with Crippen molar-refractivity contribution in [3.8, 4) is 34.1 Å². The minimum Gasteiger partial charge on any atom is -0.872 e. The molecule has 0 fully saturated rings. The fourth-order valence-corrected chi connectivity index (χ4v) is 9.34. The zero-order valence-corrected chi connectivity index (χ0v) is 55.4. The molecule has 6 aromatic rings. The maximum Gasteiger partial charge on any atom is 2.00 e. The number of benzene rings is 6. The summed E-state index contributed by atoms with van der Waals surface area (Å²) in [5.41, 5.74) is 9.71. The van der Waals surface area contributed by atoms with Crippen molar-refractivity contribution >= 4 is 47.6 Å². The Bertz CT molecular complexity index is 3210. The SMILES string of the molecule is CC(C)(C)c1cc(C=Nc2ccc(-c3ccc(N=Cc4cc(C(C)(C)C)cc(C(C)(C)C)c4[O-])c(N=Cc4cc(C(C)(C)C)cc(C(C)(C)C)c4[O-])c3)cc2N=Cc2cc(C(C)(C)C)cc(C(C)(C)C)c2[O-])c([O-])c(C(C)(C)C)c1.[Ni+2].[Ni+2]. The van der Waals surface area contributed by atoms with Gasteiger partial charge in [0.2, 0.25) is 0 Å². The molecule has 0 atom stereocenters. The second-order valence-corrected chi connectivity index (χ2v) is 30.2. The van der Waals surface area contributed by atoms with E-state index in [0.29, 0.717) is 67.3 Å². The van der Waals surface area contributed by atoms with Gasteiger partial charge in [0.05, 0.1) is 22.7 Å². The quantitative estimate of drug-likeness (QED) is 0.105. The summed E-state index contributed by atoms with van der Waals surface area (Å²) in [7, 11) is 0. The predicted octanol–water partition coefficient (Wildman–Crippen LogP) is 17.0. The van der Waals surface area contributed by atoms with Gasteiger partial charge in [-0.3, -0.25) is 20.0 Å². The Morgan fingerprint density at radius 3 is 0.634 bits per heavy atom. The van der Waals surface area contributed by atoms with Gasteiger partial charge < -0.3 is 20.4 Å². The van der Waals surface area contributed by atoms with E-state index < -0.39 is 21.7 Å². The Balaban J connectivity index is 0.00000722. The molecular formula is C72H90N4Ni2O4. The minimum absolute atomic E-state index is 0. The molecule has 0 bridgehead atoms. The van der Waals surface area contributed by atoms with Gasteiger partial charge in [-0.15, -0.1) is 0 Å². The summed E-state index contributed by atoms with van der Waals surface area (Å²) in [5, 5.41) is 57.0. The predicted molar refractivity (Wildman–Crippen MR) is 334 cm³/mol. The second kappa shape index (κ2) is 24.4. The first-order valence-electron chi connectivity index (χ1n) is 28.2. The van der Waals surface area contributed by atoms with E-state index in [4.69, 9.17) is 20.0 Å². The summed E-state index contributed by atoms with van der Waals surface area (Å²) < 4.78 is 0. The molecule has 8 nitrogen and oxygen atoms in total. The first-order valence-corrected chi connectivity index (χ1v) is 28.2. The van der Waals surface area contributed by atoms with Gasteiger partial charge in [0.15, 0.2) is 0 Å². The summed E-state index contributed by atoms with van der Waals surface area (Å²) in [6.07, 6.45) is 6.54. The third kappa shape index (κ3) is 16.3. The van der Waals surface area contributed by atoms with Gasteiger partial charge in [0, 0.05) is 24.9 Å². The first-order chi connectivity index (χ1) is 36.3. The van der Waals surface area contributed by atoms with Crippen LogP contribution in [0.25, 0.3) is 11.1 Å². The van der Waals surface area contributed by atoms with Crippen molar-refractivity contribution in [3.63, 3.8) is 0 Å². The van der Waals surface area contributed by atoms with E-state index in [1.54, 1.807) is 24.9 Å². The molecule has 442 valence electrons. The van der Waals surface area contributed by atoms with Crippen LogP contribution in [0.3, 0.4) is 0 Å². The number of hydrogen-bond acceptors (Lipinski definition) is 8. The van der Waals surface area contributed by atoms with Crippen LogP contribution in [0.15, 0.2) is 105 Å². The van der Waals surface area contributed by atoms with E-state index in [1.807, 2.05) is 168 Å². The zero-order chi connectivity index (χ0) is 60.3. The van der Waals surface area contributed by atoms with Gasteiger partial charge in [-0.2, -0.15) is 0 Å². The van der Waals surface area contributed by atoms with Crippen molar-refractivity contribution < 1.29 is 53.4 Å². The van der Waals surface area contributed by atoms with Crippen LogP contribution in [-0.4, -0.2) is 24.9 Å². The zero-order valence-electron chi connectivity index (χ0n) is 53.4. The molecular weight excluding hydrogens is 1100 g/mol. The van der Waals surface area contributed by atoms with Crippen molar-refractivity contribution in [1.82, 2.24) is 0 Å². The topological polar surface area (TPSA) is 142 Å². The smallest absolute Gasteiger partial charge is 0.872 e. The molecule has 0 radical (unpaired) electrons. The maximum atomic E-state index is 14.3. The molecule has 0 unspecified atom stereocenters. The van der Waals surface area contributed by atoms with E-state index in [2.05, 4.69) is 83.1 Å². The van der Waals surface area contributed by atoms with Crippen LogP contribution in [0, 0.1) is 0 Å². The number of hydrogen-bond donors (Lipinski definition) is 0. The summed E-state index contributed by atoms with van der Waals surface area (Å²) in [6.45, 7) is 50.2. The number of rotatable bonds is 9. The van der Waals surface area contributed by atoms with E-state index in [0.717, 1.165) is 33.4 Å². The van der Waals surface area contributed by atoms with Gasteiger partial charge in [-0.25, -0.2) is 0 Å². The maximum absolute atomic E-state index is 14.3. The third-order valence-corrected chi connectivity index (χ3v) is 14.8. The average Bonchev–Trinajstić information content (AvgIpc) is 3.30. The van der Waals surface area contributed by atoms with Gasteiger partial charge in [0.1, 0.15) is 0 Å². The summed E-state index contributed by atoms with van der Waals surface area (Å²) in [6, 6.07) is 27.3. The van der Waals surface area contributed by atoms with E-state index in [9.17, 15) is 20.4 Å².